The average molecular weight is 464 g/mol. The molecular weight excluding hydrogens is 442 g/mol. The summed E-state index contributed by atoms with van der Waals surface area (Å²) < 4.78 is 87.5. The zero-order valence-corrected chi connectivity index (χ0v) is 17.9. The number of halogens is 6. The van der Waals surface area contributed by atoms with Gasteiger partial charge in [0.2, 0.25) is 0 Å². The molecule has 1 aliphatic carbocycles. The van der Waals surface area contributed by atoms with Crippen molar-refractivity contribution in [1.29, 1.82) is 0 Å². The van der Waals surface area contributed by atoms with Gasteiger partial charge in [0.1, 0.15) is 11.6 Å². The summed E-state index contributed by atoms with van der Waals surface area (Å²) in [6.07, 6.45) is 0.391. The highest BCUT2D eigenvalue weighted by Crippen LogP contribution is 2.38. The van der Waals surface area contributed by atoms with Gasteiger partial charge < -0.3 is 4.74 Å². The van der Waals surface area contributed by atoms with Crippen molar-refractivity contribution in [1.82, 2.24) is 0 Å². The normalized spacial score (nSPS) is 18.9. The molecule has 0 heterocycles. The van der Waals surface area contributed by atoms with E-state index in [0.717, 1.165) is 30.9 Å². The standard InChI is InChI=1S/C26H22F6O/c1-15-2-4-16(5-3-15)17-6-8-18(9-7-17)19-10-11-21(22(27)12-19)26(31,32)33-20-13-23(28)25(30)24(29)14-20/h6-16H,2-5H2,1H3. The van der Waals surface area contributed by atoms with Gasteiger partial charge in [-0.15, -0.1) is 0 Å². The van der Waals surface area contributed by atoms with Crippen molar-refractivity contribution >= 4 is 0 Å². The largest absolute Gasteiger partial charge is 0.429 e. The molecule has 1 saturated carbocycles. The van der Waals surface area contributed by atoms with Crippen LogP contribution in [0.2, 0.25) is 0 Å². The van der Waals surface area contributed by atoms with Crippen LogP contribution in [0.1, 0.15) is 49.7 Å². The summed E-state index contributed by atoms with van der Waals surface area (Å²) in [5.74, 6) is -6.18. The molecule has 1 aliphatic rings. The molecule has 7 heteroatoms. The zero-order valence-electron chi connectivity index (χ0n) is 17.9. The van der Waals surface area contributed by atoms with Crippen molar-refractivity contribution < 1.29 is 31.1 Å². The third-order valence-electron chi connectivity index (χ3n) is 6.22. The molecule has 0 N–H and O–H groups in total. The first-order chi connectivity index (χ1) is 15.6. The van der Waals surface area contributed by atoms with E-state index in [9.17, 15) is 26.3 Å². The van der Waals surface area contributed by atoms with E-state index < -0.39 is 40.7 Å². The lowest BCUT2D eigenvalue weighted by molar-refractivity contribution is -0.187. The molecule has 1 fully saturated rings. The van der Waals surface area contributed by atoms with Crippen molar-refractivity contribution in [2.75, 3.05) is 0 Å². The highest BCUT2D eigenvalue weighted by atomic mass is 19.3. The SMILES string of the molecule is CC1CCC(c2ccc(-c3ccc(C(F)(F)Oc4cc(F)c(F)c(F)c4)c(F)c3)cc2)CC1. The smallest absolute Gasteiger partial charge is 0.429 e. The van der Waals surface area contributed by atoms with Crippen LogP contribution >= 0.6 is 0 Å². The van der Waals surface area contributed by atoms with E-state index in [0.29, 0.717) is 17.0 Å². The summed E-state index contributed by atoms with van der Waals surface area (Å²) >= 11 is 0. The Morgan fingerprint density at radius 2 is 1.30 bits per heavy atom. The highest BCUT2D eigenvalue weighted by Gasteiger charge is 2.38. The Morgan fingerprint density at radius 3 is 1.88 bits per heavy atom. The van der Waals surface area contributed by atoms with Crippen molar-refractivity contribution in [2.45, 2.75) is 44.6 Å². The number of benzene rings is 3. The van der Waals surface area contributed by atoms with Crippen molar-refractivity contribution in [3.63, 3.8) is 0 Å². The van der Waals surface area contributed by atoms with Gasteiger partial charge in [-0.2, -0.15) is 8.78 Å². The summed E-state index contributed by atoms with van der Waals surface area (Å²) in [5.41, 5.74) is 1.17. The first-order valence-electron chi connectivity index (χ1n) is 10.8. The Balaban J connectivity index is 1.52. The molecule has 3 aromatic rings. The van der Waals surface area contributed by atoms with Gasteiger partial charge in [0.25, 0.3) is 0 Å². The molecule has 0 bridgehead atoms. The molecule has 0 amide bonds. The third kappa shape index (κ3) is 5.02. The number of hydrogen-bond donors (Lipinski definition) is 0. The van der Waals surface area contributed by atoms with E-state index in [2.05, 4.69) is 11.7 Å². The molecule has 33 heavy (non-hydrogen) atoms. The lowest BCUT2D eigenvalue weighted by Crippen LogP contribution is -2.23. The van der Waals surface area contributed by atoms with Gasteiger partial charge in [-0.1, -0.05) is 50.1 Å². The quantitative estimate of drug-likeness (QED) is 0.272. The van der Waals surface area contributed by atoms with Gasteiger partial charge in [0.15, 0.2) is 17.5 Å². The summed E-state index contributed by atoms with van der Waals surface area (Å²) in [5, 5.41) is 0. The second-order valence-corrected chi connectivity index (χ2v) is 8.59. The number of ether oxygens (including phenoxy) is 1. The molecule has 0 spiro atoms. The highest BCUT2D eigenvalue weighted by molar-refractivity contribution is 5.64. The minimum absolute atomic E-state index is 0.271. The van der Waals surface area contributed by atoms with E-state index in [1.807, 2.05) is 24.3 Å². The van der Waals surface area contributed by atoms with E-state index in [4.69, 9.17) is 0 Å². The lowest BCUT2D eigenvalue weighted by Gasteiger charge is -2.26. The Bertz CT molecular complexity index is 1110. The minimum Gasteiger partial charge on any atom is -0.429 e. The average Bonchev–Trinajstić information content (AvgIpc) is 2.77. The summed E-state index contributed by atoms with van der Waals surface area (Å²) in [6.45, 7) is 2.25. The summed E-state index contributed by atoms with van der Waals surface area (Å²) in [7, 11) is 0. The molecule has 3 aromatic carbocycles. The van der Waals surface area contributed by atoms with E-state index in [1.54, 1.807) is 0 Å². The van der Waals surface area contributed by atoms with Crippen LogP contribution in [-0.4, -0.2) is 0 Å². The maximum atomic E-state index is 14.6. The molecule has 0 aliphatic heterocycles. The second-order valence-electron chi connectivity index (χ2n) is 8.59. The van der Waals surface area contributed by atoms with Gasteiger partial charge in [-0.25, -0.2) is 17.6 Å². The fourth-order valence-electron chi connectivity index (χ4n) is 4.27. The van der Waals surface area contributed by atoms with Crippen LogP contribution in [0.25, 0.3) is 11.1 Å². The van der Waals surface area contributed by atoms with Crippen LogP contribution in [-0.2, 0) is 6.11 Å². The van der Waals surface area contributed by atoms with Crippen LogP contribution in [0, 0.1) is 29.2 Å². The maximum Gasteiger partial charge on any atom is 0.429 e. The molecule has 174 valence electrons. The van der Waals surface area contributed by atoms with Crippen molar-refractivity contribution in [2.24, 2.45) is 5.92 Å². The fraction of sp³-hybridized carbons (Fsp3) is 0.308. The van der Waals surface area contributed by atoms with Gasteiger partial charge in [-0.05, 0) is 53.5 Å². The van der Waals surface area contributed by atoms with Crippen LogP contribution in [0.4, 0.5) is 26.3 Å². The lowest BCUT2D eigenvalue weighted by atomic mass is 9.79. The van der Waals surface area contributed by atoms with Crippen LogP contribution in [0.5, 0.6) is 5.75 Å². The zero-order chi connectivity index (χ0) is 23.8. The van der Waals surface area contributed by atoms with Crippen LogP contribution < -0.4 is 4.74 Å². The first-order valence-corrected chi connectivity index (χ1v) is 10.8. The Kier molecular flexibility index (Phi) is 6.41. The van der Waals surface area contributed by atoms with Crippen LogP contribution in [0.3, 0.4) is 0 Å². The fourth-order valence-corrected chi connectivity index (χ4v) is 4.27. The van der Waals surface area contributed by atoms with Gasteiger partial charge >= 0.3 is 6.11 Å². The van der Waals surface area contributed by atoms with Gasteiger partial charge in [0.05, 0.1) is 5.56 Å². The molecular formula is C26H22F6O. The molecule has 0 atom stereocenters. The molecule has 0 aromatic heterocycles. The monoisotopic (exact) mass is 464 g/mol. The Morgan fingerprint density at radius 1 is 0.727 bits per heavy atom. The van der Waals surface area contributed by atoms with E-state index in [1.165, 1.54) is 24.5 Å². The topological polar surface area (TPSA) is 9.23 Å². The van der Waals surface area contributed by atoms with Crippen LogP contribution in [0.15, 0.2) is 54.6 Å². The summed E-state index contributed by atoms with van der Waals surface area (Å²) in [4.78, 5) is 0. The molecule has 0 unspecified atom stereocenters. The van der Waals surface area contributed by atoms with Crippen molar-refractivity contribution in [3.05, 3.63) is 89.0 Å². The first kappa shape index (κ1) is 23.2. The second kappa shape index (κ2) is 9.12. The summed E-state index contributed by atoms with van der Waals surface area (Å²) in [6, 6.07) is 11.3. The number of rotatable bonds is 5. The third-order valence-corrected chi connectivity index (χ3v) is 6.22. The minimum atomic E-state index is -4.23. The predicted octanol–water partition coefficient (Wildman–Crippen LogP) is 8.33. The van der Waals surface area contributed by atoms with E-state index >= 15 is 0 Å². The molecule has 1 nitrogen and oxygen atoms in total. The molecule has 0 saturated heterocycles. The van der Waals surface area contributed by atoms with Gasteiger partial charge in [-0.3, -0.25) is 0 Å². The molecule has 4 rings (SSSR count). The number of alkyl halides is 2. The number of hydrogen-bond acceptors (Lipinski definition) is 1. The maximum absolute atomic E-state index is 14.6. The van der Waals surface area contributed by atoms with E-state index in [-0.39, 0.29) is 12.1 Å². The Hall–Kier alpha value is -2.96. The van der Waals surface area contributed by atoms with Gasteiger partial charge in [0, 0.05) is 12.1 Å². The predicted molar refractivity (Wildman–Crippen MR) is 113 cm³/mol. The molecule has 0 radical (unpaired) electrons. The Labute approximate surface area is 188 Å². The van der Waals surface area contributed by atoms with Crippen molar-refractivity contribution in [3.8, 4) is 16.9 Å².